The summed E-state index contributed by atoms with van der Waals surface area (Å²) in [5.74, 6) is 0.512. The molecular weight excluding hydrogens is 310 g/mol. The van der Waals surface area contributed by atoms with Gasteiger partial charge >= 0.3 is 0 Å². The molecule has 0 aliphatic carbocycles. The van der Waals surface area contributed by atoms with Crippen molar-refractivity contribution in [2.75, 3.05) is 0 Å². The second-order valence-electron chi connectivity index (χ2n) is 3.70. The van der Waals surface area contributed by atoms with Gasteiger partial charge in [-0.1, -0.05) is 15.9 Å². The number of hydrogen-bond acceptors (Lipinski definition) is 4. The van der Waals surface area contributed by atoms with Gasteiger partial charge in [-0.05, 0) is 30.3 Å². The number of aldehydes is 1. The molecule has 0 fully saturated rings. The van der Waals surface area contributed by atoms with E-state index in [2.05, 4.69) is 15.9 Å². The van der Waals surface area contributed by atoms with Crippen molar-refractivity contribution >= 4 is 22.2 Å². The van der Waals surface area contributed by atoms with Gasteiger partial charge in [-0.15, -0.1) is 0 Å². The van der Waals surface area contributed by atoms with Crippen molar-refractivity contribution in [2.24, 2.45) is 0 Å². The molecule has 0 aromatic heterocycles. The Kier molecular flexibility index (Phi) is 3.83. The molecule has 4 nitrogen and oxygen atoms in total. The summed E-state index contributed by atoms with van der Waals surface area (Å²) in [5.41, 5.74) is 0.792. The third-order valence-corrected chi connectivity index (χ3v) is 3.13. The zero-order valence-corrected chi connectivity index (χ0v) is 11.2. The van der Waals surface area contributed by atoms with Crippen LogP contribution in [0.15, 0.2) is 40.9 Å². The van der Waals surface area contributed by atoms with Crippen LogP contribution in [-0.4, -0.2) is 11.4 Å². The van der Waals surface area contributed by atoms with Crippen molar-refractivity contribution in [2.45, 2.75) is 0 Å². The number of phenols is 1. The molecule has 2 aromatic rings. The summed E-state index contributed by atoms with van der Waals surface area (Å²) < 4.78 is 6.13. The number of nitrogens with zero attached hydrogens (tertiary/aromatic N) is 1. The maximum absolute atomic E-state index is 10.8. The summed E-state index contributed by atoms with van der Waals surface area (Å²) in [5, 5.41) is 18.4. The Bertz CT molecular complexity index is 677. The fourth-order valence-electron chi connectivity index (χ4n) is 1.48. The van der Waals surface area contributed by atoms with Gasteiger partial charge in [0.2, 0.25) is 0 Å². The Hall–Kier alpha value is -2.32. The molecule has 0 amide bonds. The number of benzene rings is 2. The number of carbonyl (C=O) groups excluding carboxylic acids is 1. The molecule has 2 rings (SSSR count). The van der Waals surface area contributed by atoms with Gasteiger partial charge in [-0.2, -0.15) is 5.26 Å². The average molecular weight is 318 g/mol. The number of carbonyl (C=O) groups is 1. The summed E-state index contributed by atoms with van der Waals surface area (Å²) >= 11 is 3.24. The number of aromatic hydroxyl groups is 1. The second kappa shape index (κ2) is 5.55. The van der Waals surface area contributed by atoms with Gasteiger partial charge in [-0.25, -0.2) is 0 Å². The van der Waals surface area contributed by atoms with E-state index in [9.17, 15) is 9.90 Å². The summed E-state index contributed by atoms with van der Waals surface area (Å²) in [6.07, 6.45) is 0.704. The molecule has 0 heterocycles. The predicted molar refractivity (Wildman–Crippen MR) is 72.4 cm³/mol. The third kappa shape index (κ3) is 2.92. The lowest BCUT2D eigenvalue weighted by atomic mass is 10.2. The molecule has 0 spiro atoms. The summed E-state index contributed by atoms with van der Waals surface area (Å²) in [4.78, 5) is 10.8. The van der Waals surface area contributed by atoms with Gasteiger partial charge in [0.15, 0.2) is 17.8 Å². The Morgan fingerprint density at radius 2 is 2.05 bits per heavy atom. The molecule has 0 bridgehead atoms. The van der Waals surface area contributed by atoms with Crippen LogP contribution in [0.25, 0.3) is 0 Å². The zero-order chi connectivity index (χ0) is 13.8. The van der Waals surface area contributed by atoms with E-state index in [0.29, 0.717) is 27.6 Å². The highest BCUT2D eigenvalue weighted by atomic mass is 79.9. The van der Waals surface area contributed by atoms with Crippen LogP contribution < -0.4 is 4.74 Å². The van der Waals surface area contributed by atoms with Crippen molar-refractivity contribution in [3.05, 3.63) is 52.0 Å². The Balaban J connectivity index is 2.31. The molecule has 94 valence electrons. The third-order valence-electron chi connectivity index (χ3n) is 2.41. The number of phenolic OH excluding ortho intramolecular Hbond substituents is 1. The Morgan fingerprint density at radius 3 is 2.68 bits per heavy atom. The van der Waals surface area contributed by atoms with Crippen molar-refractivity contribution < 1.29 is 14.6 Å². The molecule has 0 radical (unpaired) electrons. The molecule has 0 saturated heterocycles. The monoisotopic (exact) mass is 317 g/mol. The fourth-order valence-corrected chi connectivity index (χ4v) is 1.82. The van der Waals surface area contributed by atoms with E-state index < -0.39 is 0 Å². The van der Waals surface area contributed by atoms with Crippen LogP contribution in [0.3, 0.4) is 0 Å². The van der Waals surface area contributed by atoms with Crippen LogP contribution in [-0.2, 0) is 0 Å². The summed E-state index contributed by atoms with van der Waals surface area (Å²) in [6, 6.07) is 11.2. The molecule has 0 unspecified atom stereocenters. The lowest BCUT2D eigenvalue weighted by molar-refractivity contribution is 0.112. The van der Waals surface area contributed by atoms with Crippen LogP contribution in [0.4, 0.5) is 0 Å². The standard InChI is InChI=1S/C14H8BrNO3/c15-12-3-2-11(6-10(12)8-17)19-14-4-1-9(7-16)5-13(14)18/h1-6,8,18H. The van der Waals surface area contributed by atoms with Crippen LogP contribution >= 0.6 is 15.9 Å². The van der Waals surface area contributed by atoms with Crippen LogP contribution in [0.2, 0.25) is 0 Å². The van der Waals surface area contributed by atoms with E-state index in [1.54, 1.807) is 18.2 Å². The van der Waals surface area contributed by atoms with Crippen molar-refractivity contribution in [1.82, 2.24) is 0 Å². The van der Waals surface area contributed by atoms with E-state index in [4.69, 9.17) is 10.00 Å². The van der Waals surface area contributed by atoms with Gasteiger partial charge < -0.3 is 9.84 Å². The normalized spacial score (nSPS) is 9.68. The average Bonchev–Trinajstić information content (AvgIpc) is 2.43. The first-order valence-corrected chi connectivity index (χ1v) is 6.09. The lowest BCUT2D eigenvalue weighted by Crippen LogP contribution is -1.89. The van der Waals surface area contributed by atoms with E-state index >= 15 is 0 Å². The highest BCUT2D eigenvalue weighted by Gasteiger charge is 2.07. The number of ether oxygens (including phenoxy) is 1. The van der Waals surface area contributed by atoms with E-state index in [1.165, 1.54) is 18.2 Å². The number of hydrogen-bond donors (Lipinski definition) is 1. The van der Waals surface area contributed by atoms with Gasteiger partial charge in [0, 0.05) is 16.1 Å². The smallest absolute Gasteiger partial charge is 0.169 e. The minimum atomic E-state index is -0.130. The minimum absolute atomic E-state index is 0.130. The zero-order valence-electron chi connectivity index (χ0n) is 9.63. The van der Waals surface area contributed by atoms with Gasteiger partial charge in [0.05, 0.1) is 11.6 Å². The molecule has 19 heavy (non-hydrogen) atoms. The largest absolute Gasteiger partial charge is 0.504 e. The molecule has 5 heteroatoms. The summed E-state index contributed by atoms with van der Waals surface area (Å²) in [6.45, 7) is 0. The topological polar surface area (TPSA) is 70.3 Å². The highest BCUT2D eigenvalue weighted by molar-refractivity contribution is 9.10. The Labute approximate surface area is 118 Å². The van der Waals surface area contributed by atoms with Crippen molar-refractivity contribution in [3.63, 3.8) is 0 Å². The van der Waals surface area contributed by atoms with Crippen LogP contribution in [0.5, 0.6) is 17.2 Å². The SMILES string of the molecule is N#Cc1ccc(Oc2ccc(Br)c(C=O)c2)c(O)c1. The quantitative estimate of drug-likeness (QED) is 0.877. The summed E-state index contributed by atoms with van der Waals surface area (Å²) in [7, 11) is 0. The highest BCUT2D eigenvalue weighted by Crippen LogP contribution is 2.32. The number of halogens is 1. The maximum Gasteiger partial charge on any atom is 0.169 e. The van der Waals surface area contributed by atoms with Crippen molar-refractivity contribution in [1.29, 1.82) is 5.26 Å². The molecule has 0 aliphatic heterocycles. The molecule has 2 aromatic carbocycles. The van der Waals surface area contributed by atoms with Gasteiger partial charge in [0.25, 0.3) is 0 Å². The molecule has 0 aliphatic rings. The van der Waals surface area contributed by atoms with Gasteiger partial charge in [-0.3, -0.25) is 4.79 Å². The van der Waals surface area contributed by atoms with E-state index in [1.807, 2.05) is 6.07 Å². The van der Waals surface area contributed by atoms with E-state index in [0.717, 1.165) is 0 Å². The first-order valence-electron chi connectivity index (χ1n) is 5.29. The van der Waals surface area contributed by atoms with Crippen LogP contribution in [0, 0.1) is 11.3 Å². The molecule has 0 saturated carbocycles. The minimum Gasteiger partial charge on any atom is -0.504 e. The lowest BCUT2D eigenvalue weighted by Gasteiger charge is -2.08. The van der Waals surface area contributed by atoms with Crippen LogP contribution in [0.1, 0.15) is 15.9 Å². The van der Waals surface area contributed by atoms with Gasteiger partial charge in [0.1, 0.15) is 5.75 Å². The number of rotatable bonds is 3. The predicted octanol–water partition coefficient (Wildman–Crippen LogP) is 3.63. The van der Waals surface area contributed by atoms with E-state index in [-0.39, 0.29) is 11.5 Å². The maximum atomic E-state index is 10.8. The first-order chi connectivity index (χ1) is 9.13. The molecule has 0 atom stereocenters. The Morgan fingerprint density at radius 1 is 1.26 bits per heavy atom. The number of nitriles is 1. The fraction of sp³-hybridized carbons (Fsp3) is 0. The molecule has 1 N–H and O–H groups in total. The molecular formula is C14H8BrNO3. The van der Waals surface area contributed by atoms with Crippen molar-refractivity contribution in [3.8, 4) is 23.3 Å². The first kappa shape index (κ1) is 13.1. The second-order valence-corrected chi connectivity index (χ2v) is 4.55.